The van der Waals surface area contributed by atoms with E-state index in [1.54, 1.807) is 0 Å². The maximum atomic E-state index is 8.80. The molecule has 0 heterocycles. The lowest BCUT2D eigenvalue weighted by Gasteiger charge is -2.17. The Hall–Kier alpha value is -0.900. The lowest BCUT2D eigenvalue weighted by Crippen LogP contribution is -2.30. The Morgan fingerprint density at radius 3 is 2.35 bits per heavy atom. The largest absolute Gasteiger partial charge is 0.395 e. The SMILES string of the molecule is CC(C)Cc1ccc(C(CN)NCCO)cc1. The van der Waals surface area contributed by atoms with Crippen molar-refractivity contribution in [2.45, 2.75) is 26.3 Å². The van der Waals surface area contributed by atoms with Crippen LogP contribution in [0.2, 0.25) is 0 Å². The third-order valence-corrected chi connectivity index (χ3v) is 2.76. The van der Waals surface area contributed by atoms with Crippen LogP contribution in [0.15, 0.2) is 24.3 Å². The topological polar surface area (TPSA) is 58.3 Å². The van der Waals surface area contributed by atoms with Crippen LogP contribution in [-0.2, 0) is 6.42 Å². The Bertz CT molecular complexity index is 309. The monoisotopic (exact) mass is 236 g/mol. The number of benzene rings is 1. The molecule has 0 aliphatic heterocycles. The highest BCUT2D eigenvalue weighted by atomic mass is 16.3. The van der Waals surface area contributed by atoms with E-state index in [0.717, 1.165) is 6.42 Å². The van der Waals surface area contributed by atoms with Gasteiger partial charge in [0.1, 0.15) is 0 Å². The molecule has 0 radical (unpaired) electrons. The quantitative estimate of drug-likeness (QED) is 0.672. The van der Waals surface area contributed by atoms with Crippen molar-refractivity contribution in [3.05, 3.63) is 35.4 Å². The number of rotatable bonds is 7. The molecule has 96 valence electrons. The summed E-state index contributed by atoms with van der Waals surface area (Å²) in [6, 6.07) is 8.71. The summed E-state index contributed by atoms with van der Waals surface area (Å²) in [4.78, 5) is 0. The van der Waals surface area contributed by atoms with Crippen molar-refractivity contribution >= 4 is 0 Å². The third-order valence-electron chi connectivity index (χ3n) is 2.76. The lowest BCUT2D eigenvalue weighted by molar-refractivity contribution is 0.285. The molecule has 17 heavy (non-hydrogen) atoms. The van der Waals surface area contributed by atoms with Crippen molar-refractivity contribution in [1.82, 2.24) is 5.32 Å². The molecular formula is C14H24N2O. The first-order valence-electron chi connectivity index (χ1n) is 6.30. The van der Waals surface area contributed by atoms with Crippen molar-refractivity contribution in [1.29, 1.82) is 0 Å². The zero-order valence-electron chi connectivity index (χ0n) is 10.8. The van der Waals surface area contributed by atoms with E-state index >= 15 is 0 Å². The van der Waals surface area contributed by atoms with Gasteiger partial charge in [0, 0.05) is 19.1 Å². The standard InChI is InChI=1S/C14H24N2O/c1-11(2)9-12-3-5-13(6-4-12)14(10-15)16-7-8-17/h3-6,11,14,16-17H,7-10,15H2,1-2H3. The summed E-state index contributed by atoms with van der Waals surface area (Å²) in [7, 11) is 0. The number of nitrogens with one attached hydrogen (secondary N) is 1. The fourth-order valence-corrected chi connectivity index (χ4v) is 1.93. The van der Waals surface area contributed by atoms with Crippen LogP contribution in [0, 0.1) is 5.92 Å². The molecule has 0 aromatic heterocycles. The van der Waals surface area contributed by atoms with Gasteiger partial charge in [-0.15, -0.1) is 0 Å². The summed E-state index contributed by atoms with van der Waals surface area (Å²) in [6.07, 6.45) is 1.11. The van der Waals surface area contributed by atoms with Crippen LogP contribution in [-0.4, -0.2) is 24.8 Å². The molecule has 0 saturated carbocycles. The molecule has 0 bridgehead atoms. The second kappa shape index (κ2) is 7.43. The zero-order valence-corrected chi connectivity index (χ0v) is 10.8. The van der Waals surface area contributed by atoms with Crippen molar-refractivity contribution in [2.24, 2.45) is 11.7 Å². The summed E-state index contributed by atoms with van der Waals surface area (Å²) in [5.41, 5.74) is 8.27. The van der Waals surface area contributed by atoms with E-state index in [2.05, 4.69) is 43.4 Å². The molecule has 0 spiro atoms. The maximum absolute atomic E-state index is 8.80. The van der Waals surface area contributed by atoms with Crippen LogP contribution >= 0.6 is 0 Å². The van der Waals surface area contributed by atoms with Gasteiger partial charge in [-0.25, -0.2) is 0 Å². The Morgan fingerprint density at radius 1 is 1.24 bits per heavy atom. The van der Waals surface area contributed by atoms with Crippen LogP contribution < -0.4 is 11.1 Å². The van der Waals surface area contributed by atoms with Gasteiger partial charge < -0.3 is 16.2 Å². The molecule has 1 aromatic carbocycles. The predicted octanol–water partition coefficient (Wildman–Crippen LogP) is 1.47. The molecule has 1 rings (SSSR count). The van der Waals surface area contributed by atoms with Crippen molar-refractivity contribution in [2.75, 3.05) is 19.7 Å². The first kappa shape index (κ1) is 14.2. The van der Waals surface area contributed by atoms with Gasteiger partial charge in [-0.1, -0.05) is 38.1 Å². The highest BCUT2D eigenvalue weighted by Gasteiger charge is 2.08. The number of nitrogens with two attached hydrogens (primary N) is 1. The van der Waals surface area contributed by atoms with Gasteiger partial charge in [-0.2, -0.15) is 0 Å². The minimum atomic E-state index is 0.134. The van der Waals surface area contributed by atoms with Gasteiger partial charge in [0.15, 0.2) is 0 Å². The summed E-state index contributed by atoms with van der Waals surface area (Å²) in [5.74, 6) is 0.679. The fourth-order valence-electron chi connectivity index (χ4n) is 1.93. The van der Waals surface area contributed by atoms with Gasteiger partial charge in [0.2, 0.25) is 0 Å². The third kappa shape index (κ3) is 4.86. The summed E-state index contributed by atoms with van der Waals surface area (Å²) >= 11 is 0. The van der Waals surface area contributed by atoms with E-state index < -0.39 is 0 Å². The van der Waals surface area contributed by atoms with E-state index in [1.165, 1.54) is 11.1 Å². The van der Waals surface area contributed by atoms with E-state index in [1.807, 2.05) is 0 Å². The molecule has 0 amide bonds. The number of hydrogen-bond donors (Lipinski definition) is 3. The van der Waals surface area contributed by atoms with Gasteiger partial charge in [-0.3, -0.25) is 0 Å². The highest BCUT2D eigenvalue weighted by Crippen LogP contribution is 2.15. The molecule has 4 N–H and O–H groups in total. The number of hydrogen-bond acceptors (Lipinski definition) is 3. The molecule has 1 aromatic rings. The predicted molar refractivity (Wildman–Crippen MR) is 71.9 cm³/mol. The first-order valence-corrected chi connectivity index (χ1v) is 6.30. The lowest BCUT2D eigenvalue weighted by atomic mass is 9.99. The van der Waals surface area contributed by atoms with Gasteiger partial charge in [0.05, 0.1) is 6.61 Å². The summed E-state index contributed by atoms with van der Waals surface area (Å²) in [5, 5.41) is 12.0. The van der Waals surface area contributed by atoms with Crippen LogP contribution in [0.25, 0.3) is 0 Å². The Labute approximate surface area is 104 Å². The Balaban J connectivity index is 2.64. The van der Waals surface area contributed by atoms with Crippen LogP contribution in [0.3, 0.4) is 0 Å². The van der Waals surface area contributed by atoms with Crippen LogP contribution in [0.5, 0.6) is 0 Å². The fraction of sp³-hybridized carbons (Fsp3) is 0.571. The van der Waals surface area contributed by atoms with E-state index in [4.69, 9.17) is 10.8 Å². The molecular weight excluding hydrogens is 212 g/mol. The van der Waals surface area contributed by atoms with E-state index in [-0.39, 0.29) is 12.6 Å². The van der Waals surface area contributed by atoms with Gasteiger partial charge in [0.25, 0.3) is 0 Å². The van der Waals surface area contributed by atoms with Gasteiger partial charge in [-0.05, 0) is 23.5 Å². The maximum Gasteiger partial charge on any atom is 0.0556 e. The van der Waals surface area contributed by atoms with Crippen LogP contribution in [0.1, 0.15) is 31.0 Å². The molecule has 3 nitrogen and oxygen atoms in total. The minimum Gasteiger partial charge on any atom is -0.395 e. The Kier molecular flexibility index (Phi) is 6.19. The summed E-state index contributed by atoms with van der Waals surface area (Å²) < 4.78 is 0. The molecule has 1 unspecified atom stereocenters. The molecule has 3 heteroatoms. The molecule has 0 saturated heterocycles. The van der Waals surface area contributed by atoms with Gasteiger partial charge >= 0.3 is 0 Å². The Morgan fingerprint density at radius 2 is 1.88 bits per heavy atom. The molecule has 1 atom stereocenters. The van der Waals surface area contributed by atoms with Crippen LogP contribution in [0.4, 0.5) is 0 Å². The number of aliphatic hydroxyl groups excluding tert-OH is 1. The average molecular weight is 236 g/mol. The summed E-state index contributed by atoms with van der Waals surface area (Å²) in [6.45, 7) is 5.71. The zero-order chi connectivity index (χ0) is 12.7. The van der Waals surface area contributed by atoms with E-state index in [9.17, 15) is 0 Å². The normalized spacial score (nSPS) is 13.0. The second-order valence-electron chi connectivity index (χ2n) is 4.81. The van der Waals surface area contributed by atoms with Crippen molar-refractivity contribution in [3.8, 4) is 0 Å². The van der Waals surface area contributed by atoms with E-state index in [0.29, 0.717) is 19.0 Å². The molecule has 0 fully saturated rings. The van der Waals surface area contributed by atoms with Crippen molar-refractivity contribution in [3.63, 3.8) is 0 Å². The smallest absolute Gasteiger partial charge is 0.0556 e. The minimum absolute atomic E-state index is 0.134. The first-order chi connectivity index (χ1) is 8.17. The molecule has 0 aliphatic rings. The second-order valence-corrected chi connectivity index (χ2v) is 4.81. The average Bonchev–Trinajstić information content (AvgIpc) is 2.31. The van der Waals surface area contributed by atoms with Crippen molar-refractivity contribution < 1.29 is 5.11 Å². The number of aliphatic hydroxyl groups is 1. The molecule has 0 aliphatic carbocycles. The highest BCUT2D eigenvalue weighted by molar-refractivity contribution is 5.25.